The molecule has 1 aromatic rings. The molecular weight excluding hydrogens is 350 g/mol. The molecule has 0 radical (unpaired) electrons. The van der Waals surface area contributed by atoms with Crippen molar-refractivity contribution in [1.82, 2.24) is 4.90 Å². The van der Waals surface area contributed by atoms with Crippen molar-refractivity contribution in [3.05, 3.63) is 24.3 Å². The van der Waals surface area contributed by atoms with Gasteiger partial charge in [-0.1, -0.05) is 0 Å². The van der Waals surface area contributed by atoms with Crippen LogP contribution in [0.4, 0.5) is 21.0 Å². The molecule has 0 spiro atoms. The Morgan fingerprint density at radius 1 is 1.19 bits per heavy atom. The minimum absolute atomic E-state index is 0.244. The lowest BCUT2D eigenvalue weighted by Gasteiger charge is -2.28. The van der Waals surface area contributed by atoms with E-state index in [1.54, 1.807) is 45.0 Å². The quantitative estimate of drug-likeness (QED) is 0.877. The van der Waals surface area contributed by atoms with E-state index >= 15 is 0 Å². The lowest BCUT2D eigenvalue weighted by atomic mass is 10.2. The lowest BCUT2D eigenvalue weighted by Crippen LogP contribution is -2.45. The number of likely N-dealkylation sites (tertiary alicyclic amines) is 1. The summed E-state index contributed by atoms with van der Waals surface area (Å²) in [5.41, 5.74) is 0.715. The molecule has 3 amide bonds. The third kappa shape index (κ3) is 4.50. The standard InChI is InChI=1S/C19H25N3O5/c1-19(2,3)27-18(25)22-10-4-5-15(22)16(23)20-13-6-8-14(9-7-13)21-11-12-26-17(21)24/h6-9,15H,4-5,10-12H2,1-3H3,(H,20,23). The fraction of sp³-hybridized carbons (Fsp3) is 0.526. The molecule has 3 rings (SSSR count). The number of nitrogens with zero attached hydrogens (tertiary/aromatic N) is 2. The van der Waals surface area contributed by atoms with Gasteiger partial charge in [-0.2, -0.15) is 0 Å². The van der Waals surface area contributed by atoms with Gasteiger partial charge in [0.15, 0.2) is 0 Å². The van der Waals surface area contributed by atoms with Crippen LogP contribution in [-0.2, 0) is 14.3 Å². The molecule has 8 heteroatoms. The summed E-state index contributed by atoms with van der Waals surface area (Å²) in [6.45, 7) is 6.79. The Balaban J connectivity index is 1.62. The average molecular weight is 375 g/mol. The van der Waals surface area contributed by atoms with Crippen molar-refractivity contribution in [3.8, 4) is 0 Å². The largest absolute Gasteiger partial charge is 0.447 e. The van der Waals surface area contributed by atoms with Crippen LogP contribution >= 0.6 is 0 Å². The van der Waals surface area contributed by atoms with Crippen LogP contribution in [0.1, 0.15) is 33.6 Å². The predicted octanol–water partition coefficient (Wildman–Crippen LogP) is 2.98. The average Bonchev–Trinajstić information content (AvgIpc) is 3.23. The first-order chi connectivity index (χ1) is 12.7. The molecule has 0 aliphatic carbocycles. The van der Waals surface area contributed by atoms with E-state index in [2.05, 4.69) is 5.32 Å². The molecule has 2 fully saturated rings. The number of carbonyl (C=O) groups is 3. The molecule has 1 N–H and O–H groups in total. The van der Waals surface area contributed by atoms with Crippen molar-refractivity contribution >= 4 is 29.5 Å². The zero-order valence-electron chi connectivity index (χ0n) is 15.9. The molecule has 0 saturated carbocycles. The second kappa shape index (κ2) is 7.46. The maximum Gasteiger partial charge on any atom is 0.414 e. The number of carbonyl (C=O) groups excluding carboxylic acids is 3. The first-order valence-corrected chi connectivity index (χ1v) is 9.09. The van der Waals surface area contributed by atoms with Crippen molar-refractivity contribution < 1.29 is 23.9 Å². The molecule has 2 aliphatic rings. The fourth-order valence-electron chi connectivity index (χ4n) is 3.16. The van der Waals surface area contributed by atoms with E-state index in [9.17, 15) is 14.4 Å². The van der Waals surface area contributed by atoms with Gasteiger partial charge in [-0.15, -0.1) is 0 Å². The minimum Gasteiger partial charge on any atom is -0.447 e. The molecule has 27 heavy (non-hydrogen) atoms. The Bertz CT molecular complexity index is 726. The van der Waals surface area contributed by atoms with Gasteiger partial charge in [0.25, 0.3) is 0 Å². The Labute approximate surface area is 158 Å². The Hall–Kier alpha value is -2.77. The number of nitrogens with one attached hydrogen (secondary N) is 1. The van der Waals surface area contributed by atoms with Crippen LogP contribution in [0.3, 0.4) is 0 Å². The number of hydrogen-bond acceptors (Lipinski definition) is 5. The zero-order chi connectivity index (χ0) is 19.6. The fourth-order valence-corrected chi connectivity index (χ4v) is 3.16. The second-order valence-electron chi connectivity index (χ2n) is 7.63. The van der Waals surface area contributed by atoms with E-state index in [1.807, 2.05) is 0 Å². The molecule has 2 saturated heterocycles. The highest BCUT2D eigenvalue weighted by atomic mass is 16.6. The molecule has 8 nitrogen and oxygen atoms in total. The molecule has 0 aromatic heterocycles. The summed E-state index contributed by atoms with van der Waals surface area (Å²) in [6, 6.07) is 6.41. The Kier molecular flexibility index (Phi) is 5.25. The molecule has 2 aliphatic heterocycles. The molecule has 1 unspecified atom stereocenters. The molecule has 1 atom stereocenters. The van der Waals surface area contributed by atoms with Crippen LogP contribution in [-0.4, -0.2) is 54.3 Å². The Morgan fingerprint density at radius 2 is 1.89 bits per heavy atom. The van der Waals surface area contributed by atoms with Crippen molar-refractivity contribution in [2.75, 3.05) is 29.9 Å². The van der Waals surface area contributed by atoms with Crippen molar-refractivity contribution in [3.63, 3.8) is 0 Å². The lowest BCUT2D eigenvalue weighted by molar-refractivity contribution is -0.120. The highest BCUT2D eigenvalue weighted by Gasteiger charge is 2.36. The number of cyclic esters (lactones) is 1. The van der Waals surface area contributed by atoms with E-state index in [1.165, 1.54) is 9.80 Å². The summed E-state index contributed by atoms with van der Waals surface area (Å²) in [7, 11) is 0. The van der Waals surface area contributed by atoms with Crippen molar-refractivity contribution in [1.29, 1.82) is 0 Å². The van der Waals surface area contributed by atoms with E-state index in [0.29, 0.717) is 37.5 Å². The van der Waals surface area contributed by atoms with Crippen LogP contribution in [0.2, 0.25) is 0 Å². The number of anilines is 2. The van der Waals surface area contributed by atoms with Crippen LogP contribution in [0.15, 0.2) is 24.3 Å². The molecule has 0 bridgehead atoms. The van der Waals surface area contributed by atoms with Crippen LogP contribution in [0.25, 0.3) is 0 Å². The van der Waals surface area contributed by atoms with Gasteiger partial charge in [-0.05, 0) is 57.9 Å². The van der Waals surface area contributed by atoms with E-state index in [4.69, 9.17) is 9.47 Å². The van der Waals surface area contributed by atoms with Gasteiger partial charge in [0, 0.05) is 17.9 Å². The van der Waals surface area contributed by atoms with Gasteiger partial charge in [-0.25, -0.2) is 9.59 Å². The molecule has 146 valence electrons. The van der Waals surface area contributed by atoms with E-state index < -0.39 is 17.7 Å². The van der Waals surface area contributed by atoms with Gasteiger partial charge in [-0.3, -0.25) is 14.6 Å². The summed E-state index contributed by atoms with van der Waals surface area (Å²) >= 11 is 0. The van der Waals surface area contributed by atoms with Crippen molar-refractivity contribution in [2.24, 2.45) is 0 Å². The minimum atomic E-state index is -0.604. The third-order valence-electron chi connectivity index (χ3n) is 4.39. The van der Waals surface area contributed by atoms with Crippen molar-refractivity contribution in [2.45, 2.75) is 45.3 Å². The smallest absolute Gasteiger partial charge is 0.414 e. The van der Waals surface area contributed by atoms with Gasteiger partial charge in [0.1, 0.15) is 18.2 Å². The summed E-state index contributed by atoms with van der Waals surface area (Å²) in [4.78, 5) is 39.6. The summed E-state index contributed by atoms with van der Waals surface area (Å²) in [6.07, 6.45) is 0.518. The summed E-state index contributed by atoms with van der Waals surface area (Å²) < 4.78 is 10.3. The normalized spacial score (nSPS) is 19.8. The summed E-state index contributed by atoms with van der Waals surface area (Å²) in [5.74, 6) is -0.244. The van der Waals surface area contributed by atoms with Gasteiger partial charge in [0.05, 0.1) is 6.54 Å². The first kappa shape index (κ1) is 19.0. The Morgan fingerprint density at radius 3 is 2.48 bits per heavy atom. The summed E-state index contributed by atoms with van der Waals surface area (Å²) in [5, 5.41) is 2.84. The molecule has 2 heterocycles. The number of rotatable bonds is 3. The highest BCUT2D eigenvalue weighted by molar-refractivity contribution is 5.97. The van der Waals surface area contributed by atoms with Gasteiger partial charge >= 0.3 is 12.2 Å². The predicted molar refractivity (Wildman–Crippen MR) is 99.7 cm³/mol. The number of benzene rings is 1. The second-order valence-corrected chi connectivity index (χ2v) is 7.63. The van der Waals surface area contributed by atoms with E-state index in [0.717, 1.165) is 6.42 Å². The van der Waals surface area contributed by atoms with E-state index in [-0.39, 0.29) is 12.0 Å². The zero-order valence-corrected chi connectivity index (χ0v) is 15.9. The third-order valence-corrected chi connectivity index (χ3v) is 4.39. The molecular formula is C19H25N3O5. The van der Waals surface area contributed by atoms with Crippen LogP contribution in [0, 0.1) is 0 Å². The molecule has 1 aromatic carbocycles. The number of ether oxygens (including phenoxy) is 2. The number of amides is 3. The van der Waals surface area contributed by atoms with Crippen LogP contribution in [0.5, 0.6) is 0 Å². The van der Waals surface area contributed by atoms with Gasteiger partial charge < -0.3 is 14.8 Å². The topological polar surface area (TPSA) is 88.2 Å². The first-order valence-electron chi connectivity index (χ1n) is 9.09. The maximum atomic E-state index is 12.6. The number of hydrogen-bond donors (Lipinski definition) is 1. The highest BCUT2D eigenvalue weighted by Crippen LogP contribution is 2.24. The monoisotopic (exact) mass is 375 g/mol. The van der Waals surface area contributed by atoms with Crippen LogP contribution < -0.4 is 10.2 Å². The maximum absolute atomic E-state index is 12.6. The SMILES string of the molecule is CC(C)(C)OC(=O)N1CCCC1C(=O)Nc1ccc(N2CCOC2=O)cc1. The van der Waals surface area contributed by atoms with Gasteiger partial charge in [0.2, 0.25) is 5.91 Å².